The first-order chi connectivity index (χ1) is 12.1. The summed E-state index contributed by atoms with van der Waals surface area (Å²) in [5.41, 5.74) is 2.97. The van der Waals surface area contributed by atoms with Crippen LogP contribution in [0.25, 0.3) is 0 Å². The van der Waals surface area contributed by atoms with Crippen molar-refractivity contribution in [3.63, 3.8) is 0 Å². The summed E-state index contributed by atoms with van der Waals surface area (Å²) in [6.07, 6.45) is 3.03. The molecule has 1 aliphatic rings. The lowest BCUT2D eigenvalue weighted by molar-refractivity contribution is 0.247. The molecule has 3 rings (SSSR count). The number of hydrogen-bond donors (Lipinski definition) is 2. The van der Waals surface area contributed by atoms with E-state index in [1.807, 2.05) is 12.1 Å². The number of ether oxygens (including phenoxy) is 2. The van der Waals surface area contributed by atoms with E-state index in [0.717, 1.165) is 19.3 Å². The van der Waals surface area contributed by atoms with Gasteiger partial charge in [-0.2, -0.15) is 0 Å². The van der Waals surface area contributed by atoms with Gasteiger partial charge in [-0.1, -0.05) is 35.9 Å². The van der Waals surface area contributed by atoms with Crippen molar-refractivity contribution in [3.05, 3.63) is 52.5 Å². The normalized spacial score (nSPS) is 15.9. The lowest BCUT2D eigenvalue weighted by Gasteiger charge is -2.26. The molecule has 1 unspecified atom stereocenters. The van der Waals surface area contributed by atoms with Crippen LogP contribution in [0.1, 0.15) is 30.0 Å². The second kappa shape index (κ2) is 7.66. The monoisotopic (exact) mass is 360 g/mol. The van der Waals surface area contributed by atoms with Gasteiger partial charge in [0.2, 0.25) is 0 Å². The van der Waals surface area contributed by atoms with E-state index in [9.17, 15) is 4.79 Å². The van der Waals surface area contributed by atoms with E-state index in [2.05, 4.69) is 22.8 Å². The molecule has 25 heavy (non-hydrogen) atoms. The molecule has 0 heterocycles. The third kappa shape index (κ3) is 3.82. The lowest BCUT2D eigenvalue weighted by Crippen LogP contribution is -2.34. The number of halogens is 1. The van der Waals surface area contributed by atoms with Crippen LogP contribution in [0.4, 0.5) is 10.5 Å². The second-order valence-corrected chi connectivity index (χ2v) is 6.34. The summed E-state index contributed by atoms with van der Waals surface area (Å²) in [6, 6.07) is 11.2. The average molecular weight is 361 g/mol. The van der Waals surface area contributed by atoms with Crippen molar-refractivity contribution in [3.8, 4) is 11.5 Å². The van der Waals surface area contributed by atoms with Crippen molar-refractivity contribution >= 4 is 23.3 Å². The Labute approximate surface area is 152 Å². The number of nitrogens with one attached hydrogen (secondary N) is 2. The van der Waals surface area contributed by atoms with Crippen molar-refractivity contribution in [2.45, 2.75) is 25.3 Å². The van der Waals surface area contributed by atoms with Crippen LogP contribution in [0, 0.1) is 0 Å². The molecule has 132 valence electrons. The SMILES string of the molecule is COc1cc(OC)c(NC(=O)NC2CCCc3ccccc32)cc1Cl. The van der Waals surface area contributed by atoms with Crippen LogP contribution in [0.3, 0.4) is 0 Å². The lowest BCUT2D eigenvalue weighted by atomic mass is 9.88. The van der Waals surface area contributed by atoms with Gasteiger partial charge in [-0.25, -0.2) is 4.79 Å². The number of anilines is 1. The van der Waals surface area contributed by atoms with Crippen molar-refractivity contribution < 1.29 is 14.3 Å². The molecule has 0 aliphatic heterocycles. The van der Waals surface area contributed by atoms with Crippen molar-refractivity contribution in [2.75, 3.05) is 19.5 Å². The summed E-state index contributed by atoms with van der Waals surface area (Å²) in [5.74, 6) is 0.978. The summed E-state index contributed by atoms with van der Waals surface area (Å²) >= 11 is 6.15. The molecule has 0 bridgehead atoms. The highest BCUT2D eigenvalue weighted by Crippen LogP contribution is 2.36. The second-order valence-electron chi connectivity index (χ2n) is 5.93. The van der Waals surface area contributed by atoms with Gasteiger partial charge in [-0.3, -0.25) is 0 Å². The standard InChI is InChI=1S/C19H21ClN2O3/c1-24-17-11-18(25-2)16(10-14(17)20)22-19(23)21-15-9-5-7-12-6-3-4-8-13(12)15/h3-4,6,8,10-11,15H,5,7,9H2,1-2H3,(H2,21,22,23). The molecule has 2 aromatic rings. The summed E-state index contributed by atoms with van der Waals surface area (Å²) < 4.78 is 10.5. The number of methoxy groups -OCH3 is 2. The minimum absolute atomic E-state index is 0.00432. The minimum Gasteiger partial charge on any atom is -0.495 e. The van der Waals surface area contributed by atoms with E-state index in [4.69, 9.17) is 21.1 Å². The van der Waals surface area contributed by atoms with Crippen LogP contribution in [-0.4, -0.2) is 20.3 Å². The minimum atomic E-state index is -0.291. The smallest absolute Gasteiger partial charge is 0.319 e. The van der Waals surface area contributed by atoms with Crippen molar-refractivity contribution in [1.82, 2.24) is 5.32 Å². The van der Waals surface area contributed by atoms with E-state index >= 15 is 0 Å². The zero-order chi connectivity index (χ0) is 17.8. The Bertz CT molecular complexity index is 779. The third-order valence-corrected chi connectivity index (χ3v) is 4.69. The first kappa shape index (κ1) is 17.4. The number of amides is 2. The first-order valence-corrected chi connectivity index (χ1v) is 8.57. The van der Waals surface area contributed by atoms with Gasteiger partial charge >= 0.3 is 6.03 Å². The molecule has 6 heteroatoms. The number of benzene rings is 2. The van der Waals surface area contributed by atoms with E-state index in [0.29, 0.717) is 22.2 Å². The van der Waals surface area contributed by atoms with E-state index < -0.39 is 0 Å². The average Bonchev–Trinajstić information content (AvgIpc) is 2.62. The highest BCUT2D eigenvalue weighted by molar-refractivity contribution is 6.32. The number of rotatable bonds is 4. The van der Waals surface area contributed by atoms with Crippen LogP contribution in [0.15, 0.2) is 36.4 Å². The zero-order valence-electron chi connectivity index (χ0n) is 14.3. The van der Waals surface area contributed by atoms with Gasteiger partial charge in [0.25, 0.3) is 0 Å². The predicted molar refractivity (Wildman–Crippen MR) is 98.8 cm³/mol. The molecule has 1 atom stereocenters. The summed E-state index contributed by atoms with van der Waals surface area (Å²) in [6.45, 7) is 0. The van der Waals surface area contributed by atoms with Crippen LogP contribution in [0.5, 0.6) is 11.5 Å². The number of fused-ring (bicyclic) bond motifs is 1. The van der Waals surface area contributed by atoms with Gasteiger partial charge in [0.1, 0.15) is 11.5 Å². The number of hydrogen-bond acceptors (Lipinski definition) is 3. The molecule has 0 fully saturated rings. The quantitative estimate of drug-likeness (QED) is 0.840. The Kier molecular flexibility index (Phi) is 5.34. The number of aryl methyl sites for hydroxylation is 1. The van der Waals surface area contributed by atoms with Gasteiger partial charge in [-0.15, -0.1) is 0 Å². The molecule has 2 aromatic carbocycles. The predicted octanol–water partition coefficient (Wildman–Crippen LogP) is 4.56. The van der Waals surface area contributed by atoms with Crippen molar-refractivity contribution in [1.29, 1.82) is 0 Å². The fourth-order valence-electron chi connectivity index (χ4n) is 3.18. The summed E-state index contributed by atoms with van der Waals surface area (Å²) in [5, 5.41) is 6.26. The Morgan fingerprint density at radius 2 is 1.92 bits per heavy atom. The summed E-state index contributed by atoms with van der Waals surface area (Å²) in [4.78, 5) is 12.5. The molecular weight excluding hydrogens is 340 g/mol. The molecule has 2 N–H and O–H groups in total. The first-order valence-electron chi connectivity index (χ1n) is 8.19. The van der Waals surface area contributed by atoms with E-state index in [-0.39, 0.29) is 12.1 Å². The fraction of sp³-hybridized carbons (Fsp3) is 0.316. The number of carbonyl (C=O) groups excluding carboxylic acids is 1. The largest absolute Gasteiger partial charge is 0.495 e. The maximum atomic E-state index is 12.5. The Morgan fingerprint density at radius 1 is 1.16 bits per heavy atom. The van der Waals surface area contributed by atoms with Crippen LogP contribution in [-0.2, 0) is 6.42 Å². The Morgan fingerprint density at radius 3 is 2.68 bits per heavy atom. The molecule has 0 radical (unpaired) electrons. The van der Waals surface area contributed by atoms with Gasteiger partial charge < -0.3 is 20.1 Å². The fourth-order valence-corrected chi connectivity index (χ4v) is 3.42. The Balaban J connectivity index is 1.75. The van der Waals surface area contributed by atoms with Crippen LogP contribution in [0.2, 0.25) is 5.02 Å². The zero-order valence-corrected chi connectivity index (χ0v) is 15.0. The van der Waals surface area contributed by atoms with E-state index in [1.165, 1.54) is 25.3 Å². The maximum absolute atomic E-state index is 12.5. The van der Waals surface area contributed by atoms with Crippen LogP contribution >= 0.6 is 11.6 Å². The molecule has 0 spiro atoms. The molecule has 5 nitrogen and oxygen atoms in total. The third-order valence-electron chi connectivity index (χ3n) is 4.40. The molecule has 0 aromatic heterocycles. The summed E-state index contributed by atoms with van der Waals surface area (Å²) in [7, 11) is 3.06. The number of urea groups is 1. The van der Waals surface area contributed by atoms with Crippen molar-refractivity contribution in [2.24, 2.45) is 0 Å². The molecule has 2 amide bonds. The molecule has 1 aliphatic carbocycles. The maximum Gasteiger partial charge on any atom is 0.319 e. The topological polar surface area (TPSA) is 59.6 Å². The highest BCUT2D eigenvalue weighted by Gasteiger charge is 2.22. The Hall–Kier alpha value is -2.40. The van der Waals surface area contributed by atoms with Gasteiger partial charge in [0, 0.05) is 6.07 Å². The molecule has 0 saturated heterocycles. The number of carbonyl (C=O) groups is 1. The molecule has 0 saturated carbocycles. The molecular formula is C19H21ClN2O3. The highest BCUT2D eigenvalue weighted by atomic mass is 35.5. The van der Waals surface area contributed by atoms with Gasteiger partial charge in [0.05, 0.1) is 31.0 Å². The van der Waals surface area contributed by atoms with Gasteiger partial charge in [0.15, 0.2) is 0 Å². The van der Waals surface area contributed by atoms with Crippen LogP contribution < -0.4 is 20.1 Å². The van der Waals surface area contributed by atoms with E-state index in [1.54, 1.807) is 12.1 Å². The van der Waals surface area contributed by atoms with Gasteiger partial charge in [-0.05, 0) is 36.5 Å².